The highest BCUT2D eigenvalue weighted by Gasteiger charge is 2.11. The number of nitrogens with zero attached hydrogens (tertiary/aromatic N) is 2. The molecule has 0 unspecified atom stereocenters. The van der Waals surface area contributed by atoms with Crippen molar-refractivity contribution in [2.24, 2.45) is 5.73 Å². The SMILES string of the molecule is Cc1ccc(CCc2nc(C(N)=O)nc3ccccc23)cc1. The summed E-state index contributed by atoms with van der Waals surface area (Å²) in [5.41, 5.74) is 9.44. The first-order valence-corrected chi connectivity index (χ1v) is 7.24. The van der Waals surface area contributed by atoms with Crippen molar-refractivity contribution in [2.75, 3.05) is 0 Å². The Balaban J connectivity index is 1.94. The Labute approximate surface area is 129 Å². The number of nitrogens with two attached hydrogens (primary N) is 1. The number of aromatic nitrogens is 2. The molecule has 110 valence electrons. The molecule has 4 nitrogen and oxygen atoms in total. The van der Waals surface area contributed by atoms with E-state index in [1.807, 2.05) is 24.3 Å². The van der Waals surface area contributed by atoms with Gasteiger partial charge in [-0.15, -0.1) is 0 Å². The lowest BCUT2D eigenvalue weighted by Gasteiger charge is -2.07. The quantitative estimate of drug-likeness (QED) is 0.803. The fourth-order valence-electron chi connectivity index (χ4n) is 2.46. The molecule has 4 heteroatoms. The number of hydrogen-bond donors (Lipinski definition) is 1. The molecule has 0 saturated carbocycles. The predicted molar refractivity (Wildman–Crippen MR) is 86.6 cm³/mol. The van der Waals surface area contributed by atoms with Crippen LogP contribution >= 0.6 is 0 Å². The van der Waals surface area contributed by atoms with Crippen LogP contribution in [0.4, 0.5) is 0 Å². The van der Waals surface area contributed by atoms with Crippen LogP contribution in [0, 0.1) is 6.92 Å². The highest BCUT2D eigenvalue weighted by Crippen LogP contribution is 2.17. The molecule has 0 bridgehead atoms. The van der Waals surface area contributed by atoms with Gasteiger partial charge in [0.1, 0.15) is 0 Å². The molecule has 2 N–H and O–H groups in total. The second-order valence-corrected chi connectivity index (χ2v) is 5.36. The Bertz CT molecular complexity index is 825. The maximum Gasteiger partial charge on any atom is 0.286 e. The lowest BCUT2D eigenvalue weighted by Crippen LogP contribution is -2.16. The molecule has 1 amide bonds. The van der Waals surface area contributed by atoms with E-state index in [1.54, 1.807) is 0 Å². The average molecular weight is 291 g/mol. The molecular weight excluding hydrogens is 274 g/mol. The molecule has 1 heterocycles. The topological polar surface area (TPSA) is 68.9 Å². The number of carbonyl (C=O) groups is 1. The van der Waals surface area contributed by atoms with Crippen LogP contribution in [0.5, 0.6) is 0 Å². The number of benzene rings is 2. The zero-order chi connectivity index (χ0) is 15.5. The molecule has 0 radical (unpaired) electrons. The first kappa shape index (κ1) is 14.2. The predicted octanol–water partition coefficient (Wildman–Crippen LogP) is 2.82. The van der Waals surface area contributed by atoms with Crippen molar-refractivity contribution in [3.05, 3.63) is 71.2 Å². The maximum absolute atomic E-state index is 11.4. The van der Waals surface area contributed by atoms with Gasteiger partial charge in [-0.1, -0.05) is 48.0 Å². The molecule has 22 heavy (non-hydrogen) atoms. The molecule has 0 atom stereocenters. The Morgan fingerprint density at radius 2 is 1.73 bits per heavy atom. The number of primary amides is 1. The molecule has 0 aliphatic rings. The van der Waals surface area contributed by atoms with Gasteiger partial charge in [-0.3, -0.25) is 4.79 Å². The van der Waals surface area contributed by atoms with E-state index >= 15 is 0 Å². The normalized spacial score (nSPS) is 10.8. The minimum atomic E-state index is -0.595. The summed E-state index contributed by atoms with van der Waals surface area (Å²) in [6.45, 7) is 2.07. The van der Waals surface area contributed by atoms with Gasteiger partial charge in [0, 0.05) is 5.39 Å². The Hall–Kier alpha value is -2.75. The van der Waals surface area contributed by atoms with Crippen molar-refractivity contribution in [1.82, 2.24) is 9.97 Å². The summed E-state index contributed by atoms with van der Waals surface area (Å²) in [7, 11) is 0. The monoisotopic (exact) mass is 291 g/mol. The first-order chi connectivity index (χ1) is 10.6. The fraction of sp³-hybridized carbons (Fsp3) is 0.167. The van der Waals surface area contributed by atoms with Crippen LogP contribution in [0.1, 0.15) is 27.4 Å². The molecular formula is C18H17N3O. The third-order valence-electron chi connectivity index (χ3n) is 3.67. The first-order valence-electron chi connectivity index (χ1n) is 7.24. The van der Waals surface area contributed by atoms with E-state index in [-0.39, 0.29) is 5.82 Å². The highest BCUT2D eigenvalue weighted by molar-refractivity contribution is 5.92. The van der Waals surface area contributed by atoms with E-state index in [4.69, 9.17) is 5.73 Å². The average Bonchev–Trinajstić information content (AvgIpc) is 2.53. The lowest BCUT2D eigenvalue weighted by molar-refractivity contribution is 0.0990. The summed E-state index contributed by atoms with van der Waals surface area (Å²) in [5.74, 6) is -0.514. The van der Waals surface area contributed by atoms with Gasteiger partial charge in [0.15, 0.2) is 0 Å². The van der Waals surface area contributed by atoms with Gasteiger partial charge in [-0.25, -0.2) is 9.97 Å². The smallest absolute Gasteiger partial charge is 0.286 e. The summed E-state index contributed by atoms with van der Waals surface area (Å²) in [6.07, 6.45) is 1.60. The molecule has 2 aromatic carbocycles. The number of rotatable bonds is 4. The van der Waals surface area contributed by atoms with E-state index < -0.39 is 5.91 Å². The summed E-state index contributed by atoms with van der Waals surface area (Å²) in [6, 6.07) is 16.1. The minimum Gasteiger partial charge on any atom is -0.363 e. The number of para-hydroxylation sites is 1. The third-order valence-corrected chi connectivity index (χ3v) is 3.67. The summed E-state index contributed by atoms with van der Waals surface area (Å²) < 4.78 is 0. The molecule has 1 aromatic heterocycles. The van der Waals surface area contributed by atoms with E-state index in [0.29, 0.717) is 0 Å². The van der Waals surface area contributed by atoms with Gasteiger partial charge in [0.25, 0.3) is 5.91 Å². The van der Waals surface area contributed by atoms with Gasteiger partial charge in [0.2, 0.25) is 5.82 Å². The van der Waals surface area contributed by atoms with E-state index in [1.165, 1.54) is 11.1 Å². The van der Waals surface area contributed by atoms with Crippen LogP contribution in [0.25, 0.3) is 10.9 Å². The minimum absolute atomic E-state index is 0.0811. The second kappa shape index (κ2) is 5.93. The van der Waals surface area contributed by atoms with Gasteiger partial charge < -0.3 is 5.73 Å². The number of aryl methyl sites for hydroxylation is 3. The molecule has 0 spiro atoms. The van der Waals surface area contributed by atoms with E-state index in [0.717, 1.165) is 29.4 Å². The molecule has 0 aliphatic heterocycles. The van der Waals surface area contributed by atoms with Crippen molar-refractivity contribution < 1.29 is 4.79 Å². The van der Waals surface area contributed by atoms with Crippen molar-refractivity contribution in [3.8, 4) is 0 Å². The van der Waals surface area contributed by atoms with Crippen LogP contribution < -0.4 is 5.73 Å². The molecule has 0 aliphatic carbocycles. The summed E-state index contributed by atoms with van der Waals surface area (Å²) in [5, 5.41) is 0.972. The molecule has 3 aromatic rings. The number of carbonyl (C=O) groups excluding carboxylic acids is 1. The summed E-state index contributed by atoms with van der Waals surface area (Å²) >= 11 is 0. The highest BCUT2D eigenvalue weighted by atomic mass is 16.1. The largest absolute Gasteiger partial charge is 0.363 e. The van der Waals surface area contributed by atoms with Gasteiger partial charge in [-0.05, 0) is 31.4 Å². The molecule has 0 fully saturated rings. The zero-order valence-electron chi connectivity index (χ0n) is 12.4. The Morgan fingerprint density at radius 3 is 2.45 bits per heavy atom. The van der Waals surface area contributed by atoms with E-state index in [9.17, 15) is 4.79 Å². The van der Waals surface area contributed by atoms with Crippen LogP contribution in [0.2, 0.25) is 0 Å². The molecule has 0 saturated heterocycles. The molecule has 3 rings (SSSR count). The van der Waals surface area contributed by atoms with Gasteiger partial charge in [0.05, 0.1) is 11.2 Å². The third kappa shape index (κ3) is 2.96. The van der Waals surface area contributed by atoms with Gasteiger partial charge >= 0.3 is 0 Å². The van der Waals surface area contributed by atoms with Crippen molar-refractivity contribution in [3.63, 3.8) is 0 Å². The van der Waals surface area contributed by atoms with Crippen LogP contribution in [0.15, 0.2) is 48.5 Å². The van der Waals surface area contributed by atoms with E-state index in [2.05, 4.69) is 41.2 Å². The maximum atomic E-state index is 11.4. The van der Waals surface area contributed by atoms with Crippen molar-refractivity contribution >= 4 is 16.8 Å². The number of hydrogen-bond acceptors (Lipinski definition) is 3. The standard InChI is InChI=1S/C18H17N3O/c1-12-6-8-13(9-7-12)10-11-16-14-4-2-3-5-15(14)20-18(21-16)17(19)22/h2-9H,10-11H2,1H3,(H2,19,22). The Kier molecular flexibility index (Phi) is 3.83. The van der Waals surface area contributed by atoms with Gasteiger partial charge in [-0.2, -0.15) is 0 Å². The fourth-order valence-corrected chi connectivity index (χ4v) is 2.46. The zero-order valence-corrected chi connectivity index (χ0v) is 12.4. The second-order valence-electron chi connectivity index (χ2n) is 5.36. The number of amides is 1. The van der Waals surface area contributed by atoms with Crippen LogP contribution in [0.3, 0.4) is 0 Å². The van der Waals surface area contributed by atoms with Crippen molar-refractivity contribution in [1.29, 1.82) is 0 Å². The lowest BCUT2D eigenvalue weighted by atomic mass is 10.0. The van der Waals surface area contributed by atoms with Crippen LogP contribution in [-0.2, 0) is 12.8 Å². The summed E-state index contributed by atoms with van der Waals surface area (Å²) in [4.78, 5) is 20.0. The van der Waals surface area contributed by atoms with Crippen molar-refractivity contribution in [2.45, 2.75) is 19.8 Å². The van der Waals surface area contributed by atoms with Crippen LogP contribution in [-0.4, -0.2) is 15.9 Å². The number of fused-ring (bicyclic) bond motifs is 1. The Morgan fingerprint density at radius 1 is 1.00 bits per heavy atom.